The van der Waals surface area contributed by atoms with Gasteiger partial charge in [0.2, 0.25) is 10.0 Å². The van der Waals surface area contributed by atoms with Gasteiger partial charge in [0.15, 0.2) is 11.5 Å². The maximum Gasteiger partial charge on any atom is 0.264 e. The Bertz CT molecular complexity index is 969. The van der Waals surface area contributed by atoms with Crippen LogP contribution >= 0.6 is 11.3 Å². The number of carbonyl (C=O) groups is 1. The van der Waals surface area contributed by atoms with E-state index in [1.165, 1.54) is 16.9 Å². The number of ether oxygens (including phenoxy) is 2. The quantitative estimate of drug-likeness (QED) is 0.735. The van der Waals surface area contributed by atoms with Gasteiger partial charge >= 0.3 is 0 Å². The average molecular weight is 425 g/mol. The lowest BCUT2D eigenvalue weighted by Gasteiger charge is -2.29. The largest absolute Gasteiger partial charge is 0.493 e. The smallest absolute Gasteiger partial charge is 0.264 e. The van der Waals surface area contributed by atoms with Gasteiger partial charge in [0.1, 0.15) is 0 Å². The first-order chi connectivity index (χ1) is 13.3. The Balaban J connectivity index is 1.68. The highest BCUT2D eigenvalue weighted by Crippen LogP contribution is 2.33. The van der Waals surface area contributed by atoms with Crippen molar-refractivity contribution in [3.63, 3.8) is 0 Å². The van der Waals surface area contributed by atoms with Crippen LogP contribution < -0.4 is 14.2 Å². The number of benzene rings is 1. The zero-order chi connectivity index (χ0) is 20.3. The van der Waals surface area contributed by atoms with Crippen LogP contribution in [0.2, 0.25) is 0 Å². The molecule has 152 valence electrons. The van der Waals surface area contributed by atoms with Crippen molar-refractivity contribution in [3.8, 4) is 11.5 Å². The monoisotopic (exact) mass is 424 g/mol. The fourth-order valence-corrected chi connectivity index (χ4v) is 4.65. The van der Waals surface area contributed by atoms with Crippen molar-refractivity contribution in [1.82, 2.24) is 9.62 Å². The summed E-state index contributed by atoms with van der Waals surface area (Å²) < 4.78 is 35.5. The molecule has 1 aliphatic heterocycles. The van der Waals surface area contributed by atoms with Gasteiger partial charge in [-0.25, -0.2) is 13.1 Å². The Morgan fingerprint density at radius 3 is 2.50 bits per heavy atom. The second-order valence-corrected chi connectivity index (χ2v) is 9.64. The standard InChI is InChI=1S/C19H24N2O5S2/c1-25-16-10-13-7-9-21(12-14(13)11-17(16)26-2)19(22)18-5-4-15(27-18)6-8-20-28(3,23)24/h4-5,10-11,20H,6-9,12H2,1-3H3. The third-order valence-electron chi connectivity index (χ3n) is 4.61. The SMILES string of the molecule is COc1cc2c(cc1OC)CN(C(=O)c1ccc(CCNS(C)(=O)=O)s1)CC2. The summed E-state index contributed by atoms with van der Waals surface area (Å²) in [6.45, 7) is 1.49. The van der Waals surface area contributed by atoms with Gasteiger partial charge in [-0.05, 0) is 48.2 Å². The van der Waals surface area contributed by atoms with E-state index in [2.05, 4.69) is 4.72 Å². The summed E-state index contributed by atoms with van der Waals surface area (Å²) in [6, 6.07) is 7.61. The fourth-order valence-electron chi connectivity index (χ4n) is 3.20. The van der Waals surface area contributed by atoms with Gasteiger partial charge < -0.3 is 14.4 Å². The Morgan fingerprint density at radius 2 is 1.86 bits per heavy atom. The number of thiophene rings is 1. The second-order valence-electron chi connectivity index (χ2n) is 6.64. The molecular weight excluding hydrogens is 400 g/mol. The van der Waals surface area contributed by atoms with Crippen molar-refractivity contribution in [2.24, 2.45) is 0 Å². The molecule has 0 bridgehead atoms. The Morgan fingerprint density at radius 1 is 1.18 bits per heavy atom. The molecule has 3 rings (SSSR count). The van der Waals surface area contributed by atoms with Crippen LogP contribution in [-0.4, -0.2) is 52.8 Å². The van der Waals surface area contributed by atoms with E-state index in [1.54, 1.807) is 14.2 Å². The number of nitrogens with one attached hydrogen (secondary N) is 1. The maximum absolute atomic E-state index is 12.9. The normalized spacial score (nSPS) is 13.9. The van der Waals surface area contributed by atoms with Crippen LogP contribution in [-0.2, 0) is 29.4 Å². The van der Waals surface area contributed by atoms with Gasteiger partial charge in [-0.15, -0.1) is 11.3 Å². The number of nitrogens with zero attached hydrogens (tertiary/aromatic N) is 1. The minimum atomic E-state index is -3.20. The third kappa shape index (κ3) is 4.84. The molecule has 1 aromatic carbocycles. The molecule has 0 saturated carbocycles. The molecule has 28 heavy (non-hydrogen) atoms. The molecule has 1 amide bonds. The minimum Gasteiger partial charge on any atom is -0.493 e. The highest BCUT2D eigenvalue weighted by molar-refractivity contribution is 7.88. The first-order valence-electron chi connectivity index (χ1n) is 8.87. The van der Waals surface area contributed by atoms with Crippen molar-refractivity contribution >= 4 is 27.3 Å². The summed E-state index contributed by atoms with van der Waals surface area (Å²) >= 11 is 1.41. The van der Waals surface area contributed by atoms with E-state index in [0.29, 0.717) is 42.4 Å². The van der Waals surface area contributed by atoms with E-state index in [0.717, 1.165) is 23.1 Å². The van der Waals surface area contributed by atoms with E-state index in [4.69, 9.17) is 9.47 Å². The fraction of sp³-hybridized carbons (Fsp3) is 0.421. The summed E-state index contributed by atoms with van der Waals surface area (Å²) in [5, 5.41) is 0. The van der Waals surface area contributed by atoms with Crippen molar-refractivity contribution < 1.29 is 22.7 Å². The topological polar surface area (TPSA) is 84.9 Å². The molecule has 1 aliphatic rings. The number of amides is 1. The highest BCUT2D eigenvalue weighted by atomic mass is 32.2. The first-order valence-corrected chi connectivity index (χ1v) is 11.6. The lowest BCUT2D eigenvalue weighted by molar-refractivity contribution is 0.0739. The summed E-state index contributed by atoms with van der Waals surface area (Å²) in [7, 11) is 0.0129. The number of hydrogen-bond donors (Lipinski definition) is 1. The number of rotatable bonds is 7. The molecule has 0 aliphatic carbocycles. The van der Waals surface area contributed by atoms with Crippen LogP contribution in [0.3, 0.4) is 0 Å². The van der Waals surface area contributed by atoms with Crippen molar-refractivity contribution in [3.05, 3.63) is 45.1 Å². The molecule has 0 unspecified atom stereocenters. The minimum absolute atomic E-state index is 0.00671. The van der Waals surface area contributed by atoms with Crippen LogP contribution in [0.1, 0.15) is 25.7 Å². The zero-order valence-corrected chi connectivity index (χ0v) is 17.8. The highest BCUT2D eigenvalue weighted by Gasteiger charge is 2.24. The third-order valence-corrected chi connectivity index (χ3v) is 6.47. The van der Waals surface area contributed by atoms with Crippen LogP contribution in [0.25, 0.3) is 0 Å². The molecule has 1 aromatic heterocycles. The predicted octanol–water partition coefficient (Wildman–Crippen LogP) is 2.06. The van der Waals surface area contributed by atoms with Gasteiger partial charge in [0.05, 0.1) is 25.4 Å². The number of hydrogen-bond acceptors (Lipinski definition) is 6. The summed E-state index contributed by atoms with van der Waals surface area (Å²) in [4.78, 5) is 16.4. The maximum atomic E-state index is 12.9. The van der Waals surface area contributed by atoms with Crippen LogP contribution in [0.5, 0.6) is 11.5 Å². The second kappa shape index (κ2) is 8.50. The van der Waals surface area contributed by atoms with Crippen LogP contribution in [0, 0.1) is 0 Å². The van der Waals surface area contributed by atoms with Gasteiger partial charge in [-0.1, -0.05) is 0 Å². The van der Waals surface area contributed by atoms with E-state index in [-0.39, 0.29) is 5.91 Å². The summed E-state index contributed by atoms with van der Waals surface area (Å²) in [5.74, 6) is 1.35. The molecule has 1 N–H and O–H groups in total. The van der Waals surface area contributed by atoms with E-state index in [9.17, 15) is 13.2 Å². The zero-order valence-electron chi connectivity index (χ0n) is 16.1. The van der Waals surface area contributed by atoms with E-state index in [1.807, 2.05) is 29.2 Å². The van der Waals surface area contributed by atoms with E-state index < -0.39 is 10.0 Å². The van der Waals surface area contributed by atoms with Crippen LogP contribution in [0.15, 0.2) is 24.3 Å². The first kappa shape index (κ1) is 20.6. The molecule has 0 saturated heterocycles. The van der Waals surface area contributed by atoms with Gasteiger partial charge in [-0.2, -0.15) is 0 Å². The van der Waals surface area contributed by atoms with E-state index >= 15 is 0 Å². The lowest BCUT2D eigenvalue weighted by Crippen LogP contribution is -2.35. The Labute approximate surface area is 169 Å². The van der Waals surface area contributed by atoms with Crippen molar-refractivity contribution in [1.29, 1.82) is 0 Å². The molecule has 0 fully saturated rings. The molecule has 0 radical (unpaired) electrons. The molecule has 0 atom stereocenters. The van der Waals surface area contributed by atoms with Crippen molar-refractivity contribution in [2.75, 3.05) is 33.6 Å². The average Bonchev–Trinajstić information content (AvgIpc) is 3.13. The van der Waals surface area contributed by atoms with Crippen molar-refractivity contribution in [2.45, 2.75) is 19.4 Å². The Hall–Kier alpha value is -2.10. The van der Waals surface area contributed by atoms with Crippen LogP contribution in [0.4, 0.5) is 0 Å². The molecule has 0 spiro atoms. The molecular formula is C19H24N2O5S2. The van der Waals surface area contributed by atoms with Gasteiger partial charge in [-0.3, -0.25) is 4.79 Å². The number of carbonyl (C=O) groups excluding carboxylic acids is 1. The summed E-state index contributed by atoms with van der Waals surface area (Å²) in [5.41, 5.74) is 2.23. The number of sulfonamides is 1. The molecule has 7 nitrogen and oxygen atoms in total. The molecule has 2 aromatic rings. The number of fused-ring (bicyclic) bond motifs is 1. The van der Waals surface area contributed by atoms with Gasteiger partial charge in [0.25, 0.3) is 5.91 Å². The summed E-state index contributed by atoms with van der Waals surface area (Å²) in [6.07, 6.45) is 2.46. The molecule has 9 heteroatoms. The lowest BCUT2D eigenvalue weighted by atomic mass is 9.98. The van der Waals surface area contributed by atoms with Gasteiger partial charge in [0, 0.05) is 24.5 Å². The molecule has 2 heterocycles. The predicted molar refractivity (Wildman–Crippen MR) is 109 cm³/mol. The Kier molecular flexibility index (Phi) is 6.26. The number of methoxy groups -OCH3 is 2.